The molecule has 0 radical (unpaired) electrons. The van der Waals surface area contributed by atoms with E-state index >= 15 is 0 Å². The predicted molar refractivity (Wildman–Crippen MR) is 88.3 cm³/mol. The van der Waals surface area contributed by atoms with E-state index in [2.05, 4.69) is 74.5 Å². The van der Waals surface area contributed by atoms with Crippen LogP contribution in [0.5, 0.6) is 0 Å². The predicted octanol–water partition coefficient (Wildman–Crippen LogP) is 3.75. The molecule has 0 aliphatic carbocycles. The molecule has 0 fully saturated rings. The third-order valence-corrected chi connectivity index (χ3v) is 4.02. The Morgan fingerprint density at radius 2 is 1.90 bits per heavy atom. The van der Waals surface area contributed by atoms with E-state index in [0.717, 1.165) is 25.2 Å². The van der Waals surface area contributed by atoms with Crippen molar-refractivity contribution in [2.45, 2.75) is 58.7 Å². The molecule has 1 N–H and O–H groups in total. The molecule has 1 aromatic carbocycles. The summed E-state index contributed by atoms with van der Waals surface area (Å²) in [5, 5.41) is 8.10. The second-order valence-electron chi connectivity index (χ2n) is 6.40. The van der Waals surface area contributed by atoms with Crippen LogP contribution in [-0.4, -0.2) is 15.8 Å². The number of hydrogen-bond acceptors (Lipinski definition) is 2. The molecule has 0 aliphatic heterocycles. The zero-order valence-corrected chi connectivity index (χ0v) is 13.6. The standard InChI is InChI=1S/C18H27N3/c1-5-21-12-11-17(20-21)14-19-15(2)13-18(3,4)16-9-7-6-8-10-16/h6-12,15,19H,5,13-14H2,1-4H3. The highest BCUT2D eigenvalue weighted by Crippen LogP contribution is 2.28. The van der Waals surface area contributed by atoms with Gasteiger partial charge in [-0.1, -0.05) is 44.2 Å². The largest absolute Gasteiger partial charge is 0.309 e. The van der Waals surface area contributed by atoms with Gasteiger partial charge in [0, 0.05) is 25.3 Å². The van der Waals surface area contributed by atoms with Crippen molar-refractivity contribution in [2.24, 2.45) is 0 Å². The van der Waals surface area contributed by atoms with Gasteiger partial charge in [-0.2, -0.15) is 5.10 Å². The van der Waals surface area contributed by atoms with Gasteiger partial charge in [-0.25, -0.2) is 0 Å². The van der Waals surface area contributed by atoms with Gasteiger partial charge in [-0.15, -0.1) is 0 Å². The van der Waals surface area contributed by atoms with Crippen molar-refractivity contribution in [1.82, 2.24) is 15.1 Å². The smallest absolute Gasteiger partial charge is 0.0762 e. The summed E-state index contributed by atoms with van der Waals surface area (Å²) in [5.41, 5.74) is 2.69. The van der Waals surface area contributed by atoms with E-state index in [4.69, 9.17) is 0 Å². The third kappa shape index (κ3) is 4.43. The zero-order chi connectivity index (χ0) is 15.3. The third-order valence-electron chi connectivity index (χ3n) is 4.02. The van der Waals surface area contributed by atoms with Crippen molar-refractivity contribution in [2.75, 3.05) is 0 Å². The fourth-order valence-electron chi connectivity index (χ4n) is 2.80. The summed E-state index contributed by atoms with van der Waals surface area (Å²) in [6, 6.07) is 13.3. The van der Waals surface area contributed by atoms with Crippen LogP contribution >= 0.6 is 0 Å². The van der Waals surface area contributed by atoms with Gasteiger partial charge in [0.2, 0.25) is 0 Å². The Bertz CT molecular complexity index is 543. The van der Waals surface area contributed by atoms with Gasteiger partial charge in [0.15, 0.2) is 0 Å². The zero-order valence-electron chi connectivity index (χ0n) is 13.6. The lowest BCUT2D eigenvalue weighted by atomic mass is 9.79. The summed E-state index contributed by atoms with van der Waals surface area (Å²) in [6.45, 7) is 10.7. The highest BCUT2D eigenvalue weighted by Gasteiger charge is 2.22. The Morgan fingerprint density at radius 3 is 2.52 bits per heavy atom. The number of nitrogens with one attached hydrogen (secondary N) is 1. The van der Waals surface area contributed by atoms with Crippen LogP contribution in [0.3, 0.4) is 0 Å². The summed E-state index contributed by atoms with van der Waals surface area (Å²) < 4.78 is 1.97. The number of hydrogen-bond donors (Lipinski definition) is 1. The van der Waals surface area contributed by atoms with Gasteiger partial charge in [-0.3, -0.25) is 4.68 Å². The second kappa shape index (κ2) is 6.90. The Hall–Kier alpha value is -1.61. The molecular weight excluding hydrogens is 258 g/mol. The fraction of sp³-hybridized carbons (Fsp3) is 0.500. The molecule has 114 valence electrons. The van der Waals surface area contributed by atoms with Crippen LogP contribution in [0.4, 0.5) is 0 Å². The van der Waals surface area contributed by atoms with Gasteiger partial charge in [0.1, 0.15) is 0 Å². The molecule has 0 spiro atoms. The lowest BCUT2D eigenvalue weighted by Gasteiger charge is -2.29. The van der Waals surface area contributed by atoms with E-state index in [1.807, 2.05) is 10.9 Å². The number of aromatic nitrogens is 2. The first-order valence-electron chi connectivity index (χ1n) is 7.82. The molecule has 2 rings (SSSR count). The highest BCUT2D eigenvalue weighted by molar-refractivity contribution is 5.23. The van der Waals surface area contributed by atoms with Crippen molar-refractivity contribution in [3.63, 3.8) is 0 Å². The van der Waals surface area contributed by atoms with Gasteiger partial charge in [-0.05, 0) is 37.3 Å². The minimum atomic E-state index is 0.177. The molecule has 21 heavy (non-hydrogen) atoms. The molecule has 0 saturated heterocycles. The van der Waals surface area contributed by atoms with E-state index in [-0.39, 0.29) is 5.41 Å². The lowest BCUT2D eigenvalue weighted by molar-refractivity contribution is 0.386. The van der Waals surface area contributed by atoms with E-state index in [0.29, 0.717) is 6.04 Å². The number of benzene rings is 1. The Balaban J connectivity index is 1.87. The minimum absolute atomic E-state index is 0.177. The summed E-state index contributed by atoms with van der Waals surface area (Å²) in [5.74, 6) is 0. The molecule has 1 heterocycles. The first-order chi connectivity index (χ1) is 10.0. The van der Waals surface area contributed by atoms with Crippen molar-refractivity contribution in [3.05, 3.63) is 53.9 Å². The quantitative estimate of drug-likeness (QED) is 0.839. The number of nitrogens with zero attached hydrogens (tertiary/aromatic N) is 2. The van der Waals surface area contributed by atoms with Crippen molar-refractivity contribution < 1.29 is 0 Å². The molecule has 1 atom stereocenters. The molecule has 0 amide bonds. The van der Waals surface area contributed by atoms with Gasteiger partial charge in [0.05, 0.1) is 5.69 Å². The first kappa shape index (κ1) is 15.8. The number of aryl methyl sites for hydroxylation is 1. The van der Waals surface area contributed by atoms with Crippen LogP contribution in [0.15, 0.2) is 42.6 Å². The molecule has 3 heteroatoms. The molecular formula is C18H27N3. The van der Waals surface area contributed by atoms with Crippen molar-refractivity contribution >= 4 is 0 Å². The Kier molecular flexibility index (Phi) is 5.18. The van der Waals surface area contributed by atoms with Crippen molar-refractivity contribution in [3.8, 4) is 0 Å². The number of rotatable bonds is 7. The minimum Gasteiger partial charge on any atom is -0.309 e. The maximum absolute atomic E-state index is 4.51. The van der Waals surface area contributed by atoms with E-state index in [1.165, 1.54) is 5.56 Å². The molecule has 0 aliphatic rings. The Labute approximate surface area is 128 Å². The van der Waals surface area contributed by atoms with E-state index in [9.17, 15) is 0 Å². The van der Waals surface area contributed by atoms with Crippen LogP contribution in [0, 0.1) is 0 Å². The molecule has 1 unspecified atom stereocenters. The normalized spacial score (nSPS) is 13.3. The molecule has 3 nitrogen and oxygen atoms in total. The van der Waals surface area contributed by atoms with Crippen molar-refractivity contribution in [1.29, 1.82) is 0 Å². The van der Waals surface area contributed by atoms with Gasteiger partial charge < -0.3 is 5.32 Å². The van der Waals surface area contributed by atoms with Crippen LogP contribution in [0.2, 0.25) is 0 Å². The van der Waals surface area contributed by atoms with Gasteiger partial charge in [0.25, 0.3) is 0 Å². The first-order valence-corrected chi connectivity index (χ1v) is 7.82. The summed E-state index contributed by atoms with van der Waals surface area (Å²) in [4.78, 5) is 0. The van der Waals surface area contributed by atoms with E-state index < -0.39 is 0 Å². The average molecular weight is 285 g/mol. The molecule has 0 saturated carbocycles. The monoisotopic (exact) mass is 285 g/mol. The van der Waals surface area contributed by atoms with Crippen LogP contribution in [-0.2, 0) is 18.5 Å². The second-order valence-corrected chi connectivity index (χ2v) is 6.40. The Morgan fingerprint density at radius 1 is 1.19 bits per heavy atom. The SMILES string of the molecule is CCn1ccc(CNC(C)CC(C)(C)c2ccccc2)n1. The molecule has 1 aromatic heterocycles. The van der Waals surface area contributed by atoms with E-state index in [1.54, 1.807) is 0 Å². The molecule has 0 bridgehead atoms. The van der Waals surface area contributed by atoms with Crippen LogP contribution in [0.1, 0.15) is 45.4 Å². The summed E-state index contributed by atoms with van der Waals surface area (Å²) in [6.07, 6.45) is 3.14. The maximum atomic E-state index is 4.51. The maximum Gasteiger partial charge on any atom is 0.0762 e. The van der Waals surface area contributed by atoms with Crippen LogP contribution < -0.4 is 5.32 Å². The van der Waals surface area contributed by atoms with Gasteiger partial charge >= 0.3 is 0 Å². The average Bonchev–Trinajstić information content (AvgIpc) is 2.94. The highest BCUT2D eigenvalue weighted by atomic mass is 15.3. The summed E-state index contributed by atoms with van der Waals surface area (Å²) >= 11 is 0. The molecule has 2 aromatic rings. The van der Waals surface area contributed by atoms with Crippen LogP contribution in [0.25, 0.3) is 0 Å². The topological polar surface area (TPSA) is 29.9 Å². The summed E-state index contributed by atoms with van der Waals surface area (Å²) in [7, 11) is 0. The lowest BCUT2D eigenvalue weighted by Crippen LogP contribution is -2.33. The fourth-order valence-corrected chi connectivity index (χ4v) is 2.80.